The van der Waals surface area contributed by atoms with Gasteiger partial charge in [0.1, 0.15) is 18.1 Å². The van der Waals surface area contributed by atoms with Crippen molar-refractivity contribution >= 4 is 22.9 Å². The van der Waals surface area contributed by atoms with Crippen molar-refractivity contribution in [2.24, 2.45) is 0 Å². The van der Waals surface area contributed by atoms with Crippen LogP contribution in [0.25, 0.3) is 0 Å². The minimum absolute atomic E-state index is 0.421. The van der Waals surface area contributed by atoms with Crippen molar-refractivity contribution in [3.63, 3.8) is 0 Å². The lowest BCUT2D eigenvalue weighted by molar-refractivity contribution is 0.190. The lowest BCUT2D eigenvalue weighted by Gasteiger charge is -2.14. The van der Waals surface area contributed by atoms with Crippen LogP contribution in [0.4, 0.5) is 0 Å². The van der Waals surface area contributed by atoms with Crippen LogP contribution >= 0.6 is 22.9 Å². The van der Waals surface area contributed by atoms with Crippen molar-refractivity contribution in [2.75, 3.05) is 7.11 Å². The van der Waals surface area contributed by atoms with E-state index in [0.29, 0.717) is 18.1 Å². The summed E-state index contributed by atoms with van der Waals surface area (Å²) in [7, 11) is 1.60. The number of hydrogen-bond acceptors (Lipinski definition) is 4. The number of ether oxygens (including phenoxy) is 2. The Labute approximate surface area is 121 Å². The maximum atomic E-state index is 9.73. The summed E-state index contributed by atoms with van der Waals surface area (Å²) in [6.45, 7) is 2.13. The smallest absolute Gasteiger partial charge is 0.129 e. The van der Waals surface area contributed by atoms with Gasteiger partial charge < -0.3 is 14.6 Å². The third kappa shape index (κ3) is 3.62. The first-order valence-corrected chi connectivity index (χ1v) is 7.02. The van der Waals surface area contributed by atoms with E-state index in [1.807, 2.05) is 12.1 Å². The fraction of sp³-hybridized carbons (Fsp3) is 0.286. The van der Waals surface area contributed by atoms with Gasteiger partial charge in [-0.1, -0.05) is 11.6 Å². The molecule has 0 radical (unpaired) electrons. The molecule has 0 aliphatic carbocycles. The predicted octanol–water partition coefficient (Wildman–Crippen LogP) is 4.04. The number of aliphatic hydroxyl groups is 1. The van der Waals surface area contributed by atoms with Crippen LogP contribution < -0.4 is 9.47 Å². The summed E-state index contributed by atoms with van der Waals surface area (Å²) in [6, 6.07) is 9.15. The van der Waals surface area contributed by atoms with Gasteiger partial charge >= 0.3 is 0 Å². The molecule has 2 aromatic rings. The molecule has 1 heterocycles. The Morgan fingerprint density at radius 3 is 2.68 bits per heavy atom. The van der Waals surface area contributed by atoms with Gasteiger partial charge in [0.15, 0.2) is 0 Å². The summed E-state index contributed by atoms with van der Waals surface area (Å²) in [5, 5.41) is 9.73. The Hall–Kier alpha value is -1.23. The molecule has 19 heavy (non-hydrogen) atoms. The van der Waals surface area contributed by atoms with Crippen LogP contribution in [0.3, 0.4) is 0 Å². The summed E-state index contributed by atoms with van der Waals surface area (Å²) in [5.74, 6) is 1.32. The standard InChI is InChI=1S/C14H15ClO3S/c1-9(16)12-5-3-10(17-2)7-13(12)18-8-11-4-6-14(15)19-11/h3-7,9,16H,8H2,1-2H3/t9-/m0/s1. The molecule has 0 saturated heterocycles. The zero-order valence-electron chi connectivity index (χ0n) is 10.7. The van der Waals surface area contributed by atoms with Crippen molar-refractivity contribution < 1.29 is 14.6 Å². The average molecular weight is 299 g/mol. The average Bonchev–Trinajstić information content (AvgIpc) is 2.81. The highest BCUT2D eigenvalue weighted by atomic mass is 35.5. The number of rotatable bonds is 5. The number of methoxy groups -OCH3 is 1. The van der Waals surface area contributed by atoms with Gasteiger partial charge in [-0.15, -0.1) is 11.3 Å². The molecule has 3 nitrogen and oxygen atoms in total. The van der Waals surface area contributed by atoms with Crippen molar-refractivity contribution in [2.45, 2.75) is 19.6 Å². The normalized spacial score (nSPS) is 12.2. The molecular formula is C14H15ClO3S. The quantitative estimate of drug-likeness (QED) is 0.905. The molecular weight excluding hydrogens is 284 g/mol. The number of hydrogen-bond donors (Lipinski definition) is 1. The summed E-state index contributed by atoms with van der Waals surface area (Å²) in [6.07, 6.45) is -0.590. The fourth-order valence-corrected chi connectivity index (χ4v) is 2.69. The Kier molecular flexibility index (Phi) is 4.69. The summed E-state index contributed by atoms with van der Waals surface area (Å²) in [4.78, 5) is 1.03. The van der Waals surface area contributed by atoms with Gasteiger partial charge in [0.25, 0.3) is 0 Å². The number of aliphatic hydroxyl groups excluding tert-OH is 1. The van der Waals surface area contributed by atoms with Crippen molar-refractivity contribution in [1.82, 2.24) is 0 Å². The zero-order chi connectivity index (χ0) is 13.8. The Balaban J connectivity index is 2.17. The molecule has 0 amide bonds. The van der Waals surface area contributed by atoms with Crippen LogP contribution in [0.1, 0.15) is 23.5 Å². The Bertz CT molecular complexity index is 551. The van der Waals surface area contributed by atoms with Crippen LogP contribution in [0.2, 0.25) is 4.34 Å². The lowest BCUT2D eigenvalue weighted by Crippen LogP contribution is -2.00. The highest BCUT2D eigenvalue weighted by Gasteiger charge is 2.11. The van der Waals surface area contributed by atoms with E-state index in [9.17, 15) is 5.11 Å². The SMILES string of the molecule is COc1ccc([C@H](C)O)c(OCc2ccc(Cl)s2)c1. The molecule has 0 bridgehead atoms. The van der Waals surface area contributed by atoms with Crippen molar-refractivity contribution in [3.8, 4) is 11.5 Å². The molecule has 0 saturated carbocycles. The van der Waals surface area contributed by atoms with Crippen LogP contribution in [0.5, 0.6) is 11.5 Å². The van der Waals surface area contributed by atoms with Gasteiger partial charge in [0.05, 0.1) is 17.6 Å². The van der Waals surface area contributed by atoms with E-state index in [4.69, 9.17) is 21.1 Å². The molecule has 1 aromatic carbocycles. The highest BCUT2D eigenvalue weighted by molar-refractivity contribution is 7.16. The minimum atomic E-state index is -0.590. The molecule has 0 aliphatic heterocycles. The van der Waals surface area contributed by atoms with Gasteiger partial charge in [-0.25, -0.2) is 0 Å². The molecule has 0 spiro atoms. The second kappa shape index (κ2) is 6.28. The van der Waals surface area contributed by atoms with E-state index in [1.165, 1.54) is 11.3 Å². The number of halogens is 1. The Morgan fingerprint density at radius 2 is 2.11 bits per heavy atom. The maximum absolute atomic E-state index is 9.73. The van der Waals surface area contributed by atoms with E-state index < -0.39 is 6.10 Å². The molecule has 0 fully saturated rings. The van der Waals surface area contributed by atoms with Crippen molar-refractivity contribution in [3.05, 3.63) is 45.1 Å². The van der Waals surface area contributed by atoms with Gasteiger partial charge in [0, 0.05) is 16.5 Å². The molecule has 1 atom stereocenters. The summed E-state index contributed by atoms with van der Waals surface area (Å²) >= 11 is 7.35. The first-order chi connectivity index (χ1) is 9.10. The van der Waals surface area contributed by atoms with Crippen LogP contribution in [0, 0.1) is 0 Å². The van der Waals surface area contributed by atoms with Crippen molar-refractivity contribution in [1.29, 1.82) is 0 Å². The minimum Gasteiger partial charge on any atom is -0.497 e. The monoisotopic (exact) mass is 298 g/mol. The highest BCUT2D eigenvalue weighted by Crippen LogP contribution is 2.31. The third-order valence-corrected chi connectivity index (χ3v) is 3.87. The molecule has 2 rings (SSSR count). The number of thiophene rings is 1. The predicted molar refractivity (Wildman–Crippen MR) is 77.3 cm³/mol. The molecule has 102 valence electrons. The van der Waals surface area contributed by atoms with Crippen LogP contribution in [-0.2, 0) is 6.61 Å². The fourth-order valence-electron chi connectivity index (χ4n) is 1.69. The van der Waals surface area contributed by atoms with Gasteiger partial charge in [-0.2, -0.15) is 0 Å². The zero-order valence-corrected chi connectivity index (χ0v) is 12.3. The maximum Gasteiger partial charge on any atom is 0.129 e. The molecule has 1 aromatic heterocycles. The van der Waals surface area contributed by atoms with E-state index in [0.717, 1.165) is 14.8 Å². The topological polar surface area (TPSA) is 38.7 Å². The van der Waals surface area contributed by atoms with E-state index in [1.54, 1.807) is 32.2 Å². The largest absolute Gasteiger partial charge is 0.497 e. The van der Waals surface area contributed by atoms with Gasteiger partial charge in [-0.05, 0) is 31.2 Å². The second-order valence-corrected chi connectivity index (χ2v) is 5.87. The molecule has 5 heteroatoms. The van der Waals surface area contributed by atoms with E-state index in [-0.39, 0.29) is 0 Å². The first-order valence-electron chi connectivity index (χ1n) is 5.83. The summed E-state index contributed by atoms with van der Waals surface area (Å²) < 4.78 is 11.7. The molecule has 0 unspecified atom stereocenters. The van der Waals surface area contributed by atoms with Crippen LogP contribution in [0.15, 0.2) is 30.3 Å². The first kappa shape index (κ1) is 14.2. The molecule has 0 aliphatic rings. The Morgan fingerprint density at radius 1 is 1.32 bits per heavy atom. The van der Waals surface area contributed by atoms with E-state index >= 15 is 0 Å². The number of benzene rings is 1. The van der Waals surface area contributed by atoms with E-state index in [2.05, 4.69) is 0 Å². The lowest BCUT2D eigenvalue weighted by atomic mass is 10.1. The second-order valence-electron chi connectivity index (χ2n) is 4.07. The molecule has 1 N–H and O–H groups in total. The third-order valence-electron chi connectivity index (χ3n) is 2.67. The summed E-state index contributed by atoms with van der Waals surface area (Å²) in [5.41, 5.74) is 0.739. The van der Waals surface area contributed by atoms with Gasteiger partial charge in [0.2, 0.25) is 0 Å². The van der Waals surface area contributed by atoms with Gasteiger partial charge in [-0.3, -0.25) is 0 Å². The van der Waals surface area contributed by atoms with Crippen LogP contribution in [-0.4, -0.2) is 12.2 Å².